The van der Waals surface area contributed by atoms with Gasteiger partial charge in [-0.1, -0.05) is 60.7 Å². The molecule has 0 spiro atoms. The van der Waals surface area contributed by atoms with Crippen molar-refractivity contribution >= 4 is 23.8 Å². The van der Waals surface area contributed by atoms with E-state index in [0.29, 0.717) is 11.1 Å². The van der Waals surface area contributed by atoms with Crippen molar-refractivity contribution in [3.8, 4) is 22.3 Å². The fraction of sp³-hybridized carbons (Fsp3) is 0.214. The topological polar surface area (TPSA) is 116 Å². The second kappa shape index (κ2) is 10.4. The van der Waals surface area contributed by atoms with Gasteiger partial charge in [0, 0.05) is 26.1 Å². The zero-order chi connectivity index (χ0) is 25.8. The number of nitrogens with one attached hydrogen (secondary N) is 2. The van der Waals surface area contributed by atoms with Crippen LogP contribution in [-0.2, 0) is 4.79 Å². The van der Waals surface area contributed by atoms with Crippen molar-refractivity contribution in [3.05, 3.63) is 82.9 Å². The Morgan fingerprint density at radius 1 is 0.722 bits per heavy atom. The van der Waals surface area contributed by atoms with Crippen molar-refractivity contribution in [1.82, 2.24) is 15.5 Å². The Bertz CT molecular complexity index is 1250. The summed E-state index contributed by atoms with van der Waals surface area (Å²) < 4.78 is 0. The Kier molecular flexibility index (Phi) is 7.15. The Balaban J connectivity index is 1.68. The quantitative estimate of drug-likeness (QED) is 0.329. The van der Waals surface area contributed by atoms with Crippen LogP contribution in [0, 0.1) is 13.8 Å². The highest BCUT2D eigenvalue weighted by molar-refractivity contribution is 6.24. The van der Waals surface area contributed by atoms with E-state index in [9.17, 15) is 19.2 Å². The van der Waals surface area contributed by atoms with Crippen LogP contribution < -0.4 is 10.6 Å². The van der Waals surface area contributed by atoms with E-state index in [-0.39, 0.29) is 32.0 Å². The highest BCUT2D eigenvalue weighted by atomic mass is 16.4. The molecule has 0 saturated heterocycles. The Hall–Kier alpha value is -4.46. The number of nitrogens with zero attached hydrogens (tertiary/aromatic N) is 1. The van der Waals surface area contributed by atoms with E-state index >= 15 is 0 Å². The second-order valence-corrected chi connectivity index (χ2v) is 8.58. The number of amides is 4. The molecule has 0 radical (unpaired) electrons. The number of carbonyl (C=O) groups excluding carboxylic acids is 3. The normalized spacial score (nSPS) is 12.4. The maximum Gasteiger partial charge on any atom is 0.404 e. The standard InChI is InChI=1S/C28H27N3O5/c1-17-22(19-9-5-3-6-10-19)23(20-11-7-4-8-12-20)18(2)25-24(17)26(33)31(27(25)34)16-13-21(32)29-14-15-30-28(35)36/h3-12,30H,13-16H2,1-2H3,(H,29,32)(H,35,36). The van der Waals surface area contributed by atoms with Gasteiger partial charge in [-0.2, -0.15) is 0 Å². The van der Waals surface area contributed by atoms with Crippen LogP contribution in [0.2, 0.25) is 0 Å². The molecule has 0 aliphatic carbocycles. The van der Waals surface area contributed by atoms with Gasteiger partial charge < -0.3 is 15.7 Å². The SMILES string of the molecule is Cc1c2c(c(C)c(-c3ccccc3)c1-c1ccccc1)C(=O)N(CCC(=O)NCCNC(=O)O)C2=O. The van der Waals surface area contributed by atoms with Crippen LogP contribution in [0.3, 0.4) is 0 Å². The average molecular weight is 486 g/mol. The van der Waals surface area contributed by atoms with Crippen molar-refractivity contribution in [2.45, 2.75) is 20.3 Å². The summed E-state index contributed by atoms with van der Waals surface area (Å²) >= 11 is 0. The molecule has 184 valence electrons. The third-order valence-electron chi connectivity index (χ3n) is 6.33. The summed E-state index contributed by atoms with van der Waals surface area (Å²) in [6, 6.07) is 19.6. The zero-order valence-corrected chi connectivity index (χ0v) is 20.1. The van der Waals surface area contributed by atoms with Gasteiger partial charge >= 0.3 is 6.09 Å². The van der Waals surface area contributed by atoms with Gasteiger partial charge in [-0.3, -0.25) is 19.3 Å². The number of imide groups is 1. The lowest BCUT2D eigenvalue weighted by molar-refractivity contribution is -0.121. The Morgan fingerprint density at radius 2 is 1.17 bits per heavy atom. The van der Waals surface area contributed by atoms with E-state index in [1.54, 1.807) is 0 Å². The lowest BCUT2D eigenvalue weighted by Gasteiger charge is -2.19. The van der Waals surface area contributed by atoms with Crippen molar-refractivity contribution in [3.63, 3.8) is 0 Å². The minimum atomic E-state index is -1.18. The molecule has 3 aromatic rings. The first kappa shape index (κ1) is 24.7. The number of rotatable bonds is 8. The van der Waals surface area contributed by atoms with E-state index in [0.717, 1.165) is 38.3 Å². The molecule has 36 heavy (non-hydrogen) atoms. The summed E-state index contributed by atoms with van der Waals surface area (Å²) in [6.07, 6.45) is -1.25. The molecule has 1 aliphatic rings. The number of hydrogen-bond acceptors (Lipinski definition) is 4. The van der Waals surface area contributed by atoms with Crippen molar-refractivity contribution in [2.24, 2.45) is 0 Å². The monoisotopic (exact) mass is 485 g/mol. The Morgan fingerprint density at radius 3 is 1.61 bits per heavy atom. The van der Waals surface area contributed by atoms with E-state index in [1.165, 1.54) is 0 Å². The van der Waals surface area contributed by atoms with Gasteiger partial charge in [-0.15, -0.1) is 0 Å². The summed E-state index contributed by atoms with van der Waals surface area (Å²) in [5.41, 5.74) is 5.93. The largest absolute Gasteiger partial charge is 0.465 e. The molecule has 0 unspecified atom stereocenters. The summed E-state index contributed by atoms with van der Waals surface area (Å²) in [5, 5.41) is 13.3. The molecule has 0 bridgehead atoms. The van der Waals surface area contributed by atoms with Crippen LogP contribution in [0.4, 0.5) is 4.79 Å². The molecular formula is C28H27N3O5. The van der Waals surface area contributed by atoms with Crippen LogP contribution in [-0.4, -0.2) is 53.5 Å². The zero-order valence-electron chi connectivity index (χ0n) is 20.1. The molecule has 3 N–H and O–H groups in total. The molecule has 1 aliphatic heterocycles. The van der Waals surface area contributed by atoms with Gasteiger partial charge in [0.05, 0.1) is 11.1 Å². The van der Waals surface area contributed by atoms with Gasteiger partial charge in [-0.05, 0) is 47.2 Å². The maximum absolute atomic E-state index is 13.5. The predicted octanol–water partition coefficient (Wildman–Crippen LogP) is 4.01. The van der Waals surface area contributed by atoms with E-state index in [4.69, 9.17) is 5.11 Å². The molecule has 8 heteroatoms. The number of benzene rings is 3. The number of carbonyl (C=O) groups is 4. The number of carboxylic acid groups (broad SMARTS) is 1. The lowest BCUT2D eigenvalue weighted by atomic mass is 9.82. The maximum atomic E-state index is 13.5. The minimum Gasteiger partial charge on any atom is -0.465 e. The van der Waals surface area contributed by atoms with Gasteiger partial charge in [0.1, 0.15) is 0 Å². The minimum absolute atomic E-state index is 0.0647. The second-order valence-electron chi connectivity index (χ2n) is 8.58. The van der Waals surface area contributed by atoms with Crippen molar-refractivity contribution < 1.29 is 24.3 Å². The van der Waals surface area contributed by atoms with Crippen LogP contribution in [0.5, 0.6) is 0 Å². The van der Waals surface area contributed by atoms with Gasteiger partial charge in [0.25, 0.3) is 11.8 Å². The lowest BCUT2D eigenvalue weighted by Crippen LogP contribution is -2.37. The molecule has 3 aromatic carbocycles. The molecule has 0 saturated carbocycles. The predicted molar refractivity (Wildman–Crippen MR) is 136 cm³/mol. The molecule has 4 amide bonds. The summed E-state index contributed by atoms with van der Waals surface area (Å²) in [7, 11) is 0. The highest BCUT2D eigenvalue weighted by Crippen LogP contribution is 2.43. The van der Waals surface area contributed by atoms with Crippen LogP contribution in [0.15, 0.2) is 60.7 Å². The molecule has 0 fully saturated rings. The highest BCUT2D eigenvalue weighted by Gasteiger charge is 2.40. The molecule has 4 rings (SSSR count). The summed E-state index contributed by atoms with van der Waals surface area (Å²) in [4.78, 5) is 50.8. The first-order valence-corrected chi connectivity index (χ1v) is 11.7. The van der Waals surface area contributed by atoms with Gasteiger partial charge in [0.2, 0.25) is 5.91 Å². The third kappa shape index (κ3) is 4.70. The summed E-state index contributed by atoms with van der Waals surface area (Å²) in [5.74, 6) is -1.19. The third-order valence-corrected chi connectivity index (χ3v) is 6.33. The van der Waals surface area contributed by atoms with E-state index < -0.39 is 17.9 Å². The van der Waals surface area contributed by atoms with Crippen LogP contribution >= 0.6 is 0 Å². The van der Waals surface area contributed by atoms with E-state index in [2.05, 4.69) is 10.6 Å². The number of fused-ring (bicyclic) bond motifs is 1. The van der Waals surface area contributed by atoms with Crippen LogP contribution in [0.25, 0.3) is 22.3 Å². The molecule has 0 aromatic heterocycles. The van der Waals surface area contributed by atoms with Gasteiger partial charge in [-0.25, -0.2) is 4.79 Å². The fourth-order valence-corrected chi connectivity index (χ4v) is 4.70. The Labute approximate surface area is 208 Å². The van der Waals surface area contributed by atoms with Gasteiger partial charge in [0.15, 0.2) is 0 Å². The van der Waals surface area contributed by atoms with E-state index in [1.807, 2.05) is 74.5 Å². The molecule has 1 heterocycles. The smallest absolute Gasteiger partial charge is 0.404 e. The number of hydrogen-bond donors (Lipinski definition) is 3. The first-order valence-electron chi connectivity index (χ1n) is 11.7. The first-order chi connectivity index (χ1) is 17.3. The van der Waals surface area contributed by atoms with Crippen LogP contribution in [0.1, 0.15) is 38.3 Å². The fourth-order valence-electron chi connectivity index (χ4n) is 4.70. The summed E-state index contributed by atoms with van der Waals surface area (Å²) in [6.45, 7) is 3.85. The van der Waals surface area contributed by atoms with Crippen molar-refractivity contribution in [2.75, 3.05) is 19.6 Å². The molecule has 8 nitrogen and oxygen atoms in total. The molecule has 0 atom stereocenters. The average Bonchev–Trinajstić information content (AvgIpc) is 3.13. The van der Waals surface area contributed by atoms with Crippen molar-refractivity contribution in [1.29, 1.82) is 0 Å². The molecular weight excluding hydrogens is 458 g/mol.